The summed E-state index contributed by atoms with van der Waals surface area (Å²) in [4.78, 5) is 4.95. The van der Waals surface area contributed by atoms with E-state index in [2.05, 4.69) is 0 Å². The van der Waals surface area contributed by atoms with Crippen LogP contribution in [0.1, 0.15) is 29.3 Å². The molecule has 0 bridgehead atoms. The van der Waals surface area contributed by atoms with Crippen molar-refractivity contribution in [1.82, 2.24) is 9.29 Å². The van der Waals surface area contributed by atoms with Gasteiger partial charge < -0.3 is 0 Å². The van der Waals surface area contributed by atoms with Gasteiger partial charge in [0.05, 0.1) is 31.8 Å². The number of hydrogen-bond acceptors (Lipinski definition) is 5. The van der Waals surface area contributed by atoms with Crippen molar-refractivity contribution in [3.8, 4) is 6.07 Å². The molecule has 1 fully saturated rings. The first kappa shape index (κ1) is 17.2. The highest BCUT2D eigenvalue weighted by atomic mass is 32.2. The number of rotatable bonds is 3. The largest absolute Gasteiger partial charge is 0.243 e. The molecule has 0 aliphatic carbocycles. The Kier molecular flexibility index (Phi) is 4.49. The average molecular weight is 383 g/mol. The van der Waals surface area contributed by atoms with E-state index in [4.69, 9.17) is 10.2 Å². The van der Waals surface area contributed by atoms with Gasteiger partial charge in [-0.3, -0.25) is 0 Å². The van der Waals surface area contributed by atoms with Gasteiger partial charge in [0, 0.05) is 19.0 Å². The minimum absolute atomic E-state index is 0.120. The number of para-hydroxylation sites is 1. The van der Waals surface area contributed by atoms with Crippen LogP contribution in [0.2, 0.25) is 0 Å². The molecule has 0 spiro atoms. The molecule has 1 aliphatic rings. The zero-order valence-electron chi connectivity index (χ0n) is 14.0. The molecule has 1 unspecified atom stereocenters. The Morgan fingerprint density at radius 2 is 1.92 bits per heavy atom. The molecule has 3 aromatic rings. The van der Waals surface area contributed by atoms with Gasteiger partial charge in [0.15, 0.2) is 0 Å². The molecule has 4 rings (SSSR count). The molecule has 2 aromatic carbocycles. The van der Waals surface area contributed by atoms with E-state index in [1.807, 2.05) is 30.3 Å². The summed E-state index contributed by atoms with van der Waals surface area (Å²) in [6.07, 6.45) is 1.76. The first-order chi connectivity index (χ1) is 12.6. The standard InChI is InChI=1S/C19H17N3O2S2/c20-12-14-7-9-16(10-8-14)26(23,24)22-11-3-4-15(13-22)19-21-17-5-1-2-6-18(17)25-19/h1-2,5-10,15H,3-4,11,13H2. The van der Waals surface area contributed by atoms with E-state index in [1.54, 1.807) is 27.8 Å². The van der Waals surface area contributed by atoms with Crippen LogP contribution < -0.4 is 0 Å². The molecule has 0 N–H and O–H groups in total. The van der Waals surface area contributed by atoms with E-state index >= 15 is 0 Å². The van der Waals surface area contributed by atoms with Crippen LogP contribution in [0.25, 0.3) is 10.2 Å². The maximum Gasteiger partial charge on any atom is 0.243 e. The van der Waals surface area contributed by atoms with Crippen LogP contribution >= 0.6 is 11.3 Å². The van der Waals surface area contributed by atoms with Gasteiger partial charge in [-0.1, -0.05) is 12.1 Å². The van der Waals surface area contributed by atoms with Crippen molar-refractivity contribution in [3.63, 3.8) is 0 Å². The second-order valence-electron chi connectivity index (χ2n) is 6.36. The van der Waals surface area contributed by atoms with Gasteiger partial charge in [-0.15, -0.1) is 11.3 Å². The van der Waals surface area contributed by atoms with Gasteiger partial charge in [0.1, 0.15) is 0 Å². The topological polar surface area (TPSA) is 74.1 Å². The Hall–Kier alpha value is -2.27. The monoisotopic (exact) mass is 383 g/mol. The summed E-state index contributed by atoms with van der Waals surface area (Å²) < 4.78 is 28.6. The number of fused-ring (bicyclic) bond motifs is 1. The Bertz CT molecular complexity index is 1050. The fourth-order valence-electron chi connectivity index (χ4n) is 3.28. The van der Waals surface area contributed by atoms with Gasteiger partial charge in [-0.05, 0) is 49.2 Å². The van der Waals surface area contributed by atoms with Crippen LogP contribution in [0.15, 0.2) is 53.4 Å². The quantitative estimate of drug-likeness (QED) is 0.691. The highest BCUT2D eigenvalue weighted by molar-refractivity contribution is 7.89. The summed E-state index contributed by atoms with van der Waals surface area (Å²) in [5.74, 6) is 0.120. The Labute approximate surface area is 156 Å². The lowest BCUT2D eigenvalue weighted by Crippen LogP contribution is -2.39. The molecule has 1 aliphatic heterocycles. The average Bonchev–Trinajstić information content (AvgIpc) is 3.12. The SMILES string of the molecule is N#Cc1ccc(S(=O)(=O)N2CCCC(c3nc4ccccc4s3)C2)cc1. The smallest absolute Gasteiger partial charge is 0.241 e. The summed E-state index contributed by atoms with van der Waals surface area (Å²) in [6.45, 7) is 0.964. The fourth-order valence-corrected chi connectivity index (χ4v) is 5.89. The van der Waals surface area contributed by atoms with Crippen molar-refractivity contribution in [1.29, 1.82) is 5.26 Å². The molecule has 0 amide bonds. The predicted molar refractivity (Wildman–Crippen MR) is 102 cm³/mol. The molecule has 2 heterocycles. The minimum atomic E-state index is -3.56. The van der Waals surface area contributed by atoms with Crippen LogP contribution in [0, 0.1) is 11.3 Å². The van der Waals surface area contributed by atoms with Crippen LogP contribution in [-0.2, 0) is 10.0 Å². The van der Waals surface area contributed by atoms with Crippen LogP contribution in [0.5, 0.6) is 0 Å². The summed E-state index contributed by atoms with van der Waals surface area (Å²) in [6, 6.07) is 16.1. The van der Waals surface area contributed by atoms with Crippen molar-refractivity contribution in [3.05, 3.63) is 59.1 Å². The highest BCUT2D eigenvalue weighted by Gasteiger charge is 2.32. The van der Waals surface area contributed by atoms with E-state index in [9.17, 15) is 8.42 Å². The number of aromatic nitrogens is 1. The van der Waals surface area contributed by atoms with Gasteiger partial charge >= 0.3 is 0 Å². The number of nitriles is 1. The third kappa shape index (κ3) is 3.12. The second-order valence-corrected chi connectivity index (χ2v) is 9.36. The molecule has 1 aromatic heterocycles. The van der Waals surface area contributed by atoms with Crippen LogP contribution in [0.3, 0.4) is 0 Å². The Morgan fingerprint density at radius 1 is 1.15 bits per heavy atom. The molecular formula is C19H17N3O2S2. The molecule has 0 radical (unpaired) electrons. The molecule has 132 valence electrons. The normalized spacial score (nSPS) is 18.7. The van der Waals surface area contributed by atoms with Gasteiger partial charge in [0.25, 0.3) is 0 Å². The van der Waals surface area contributed by atoms with Crippen molar-refractivity contribution >= 4 is 31.6 Å². The first-order valence-electron chi connectivity index (χ1n) is 8.44. The third-order valence-corrected chi connectivity index (χ3v) is 7.74. The molecule has 26 heavy (non-hydrogen) atoms. The zero-order valence-corrected chi connectivity index (χ0v) is 15.6. The van der Waals surface area contributed by atoms with E-state index in [-0.39, 0.29) is 10.8 Å². The van der Waals surface area contributed by atoms with Crippen molar-refractivity contribution in [2.24, 2.45) is 0 Å². The third-order valence-electron chi connectivity index (χ3n) is 4.66. The fraction of sp³-hybridized carbons (Fsp3) is 0.263. The second kappa shape index (κ2) is 6.80. The Morgan fingerprint density at radius 3 is 2.65 bits per heavy atom. The lowest BCUT2D eigenvalue weighted by atomic mass is 10.0. The van der Waals surface area contributed by atoms with Crippen molar-refractivity contribution in [2.45, 2.75) is 23.7 Å². The predicted octanol–water partition coefficient (Wildman–Crippen LogP) is 3.74. The maximum absolute atomic E-state index is 13.0. The minimum Gasteiger partial charge on any atom is -0.241 e. The molecule has 1 atom stereocenters. The molecule has 1 saturated heterocycles. The maximum atomic E-state index is 13.0. The van der Waals surface area contributed by atoms with Crippen LogP contribution in [0.4, 0.5) is 0 Å². The summed E-state index contributed by atoms with van der Waals surface area (Å²) in [7, 11) is -3.56. The van der Waals surface area contributed by atoms with Crippen molar-refractivity contribution < 1.29 is 8.42 Å². The number of piperidine rings is 1. The highest BCUT2D eigenvalue weighted by Crippen LogP contribution is 2.34. The number of hydrogen-bond donors (Lipinski definition) is 0. The number of nitrogens with zero attached hydrogens (tertiary/aromatic N) is 3. The van der Waals surface area contributed by atoms with E-state index < -0.39 is 10.0 Å². The van der Waals surface area contributed by atoms with E-state index in [1.165, 1.54) is 12.1 Å². The Balaban J connectivity index is 1.60. The zero-order chi connectivity index (χ0) is 18.1. The van der Waals surface area contributed by atoms with Gasteiger partial charge in [0.2, 0.25) is 10.0 Å². The number of thiazole rings is 1. The summed E-state index contributed by atoms with van der Waals surface area (Å²) in [5, 5.41) is 9.89. The van der Waals surface area contributed by atoms with Gasteiger partial charge in [-0.25, -0.2) is 13.4 Å². The lowest BCUT2D eigenvalue weighted by molar-refractivity contribution is 0.315. The summed E-state index contributed by atoms with van der Waals surface area (Å²) in [5.41, 5.74) is 1.43. The molecule has 7 heteroatoms. The lowest BCUT2D eigenvalue weighted by Gasteiger charge is -2.31. The molecule has 5 nitrogen and oxygen atoms in total. The molecule has 0 saturated carbocycles. The first-order valence-corrected chi connectivity index (χ1v) is 10.7. The van der Waals surface area contributed by atoms with Crippen LogP contribution in [-0.4, -0.2) is 30.8 Å². The number of benzene rings is 2. The molecular weight excluding hydrogens is 366 g/mol. The van der Waals surface area contributed by atoms with Crippen molar-refractivity contribution in [2.75, 3.05) is 13.1 Å². The summed E-state index contributed by atoms with van der Waals surface area (Å²) >= 11 is 1.65. The van der Waals surface area contributed by atoms with Gasteiger partial charge in [-0.2, -0.15) is 9.57 Å². The van der Waals surface area contributed by atoms with E-state index in [0.29, 0.717) is 18.7 Å². The van der Waals surface area contributed by atoms with E-state index in [0.717, 1.165) is 28.1 Å². The number of sulfonamides is 1.